The summed E-state index contributed by atoms with van der Waals surface area (Å²) in [4.78, 5) is 1.15. The summed E-state index contributed by atoms with van der Waals surface area (Å²) in [6.45, 7) is 4.16. The maximum absolute atomic E-state index is 13.5. The van der Waals surface area contributed by atoms with Gasteiger partial charge in [0.25, 0.3) is 0 Å². The van der Waals surface area contributed by atoms with Crippen molar-refractivity contribution >= 4 is 17.6 Å². The van der Waals surface area contributed by atoms with Gasteiger partial charge < -0.3 is 5.73 Å². The number of amidine groups is 1. The average molecular weight is 288 g/mol. The molecule has 0 bridgehead atoms. The fourth-order valence-electron chi connectivity index (χ4n) is 1.86. The van der Waals surface area contributed by atoms with Gasteiger partial charge in [0, 0.05) is 16.2 Å². The fourth-order valence-corrected chi connectivity index (χ4v) is 2.78. The number of halogens is 1. The number of thioether (sulfide) groups is 1. The Balaban J connectivity index is 2.14. The summed E-state index contributed by atoms with van der Waals surface area (Å²) in [5.41, 5.74) is 9.18. The van der Waals surface area contributed by atoms with Crippen molar-refractivity contribution in [2.24, 2.45) is 5.73 Å². The summed E-state index contributed by atoms with van der Waals surface area (Å²) in [5, 5.41) is 7.38. The molecule has 0 heterocycles. The Hall–Kier alpha value is -1.81. The highest BCUT2D eigenvalue weighted by Gasteiger charge is 2.05. The number of hydrogen-bond donors (Lipinski definition) is 2. The highest BCUT2D eigenvalue weighted by Crippen LogP contribution is 2.25. The molecule has 2 rings (SSSR count). The van der Waals surface area contributed by atoms with Gasteiger partial charge in [-0.3, -0.25) is 5.41 Å². The van der Waals surface area contributed by atoms with Crippen LogP contribution in [0.5, 0.6) is 0 Å². The van der Waals surface area contributed by atoms with Crippen molar-refractivity contribution in [3.05, 3.63) is 64.5 Å². The molecule has 0 saturated carbocycles. The number of hydrogen-bond acceptors (Lipinski definition) is 2. The van der Waals surface area contributed by atoms with Crippen LogP contribution in [0.4, 0.5) is 4.39 Å². The molecule has 20 heavy (non-hydrogen) atoms. The first-order chi connectivity index (χ1) is 9.45. The summed E-state index contributed by atoms with van der Waals surface area (Å²) in [6, 6.07) is 10.8. The summed E-state index contributed by atoms with van der Waals surface area (Å²) in [6.07, 6.45) is 0. The molecule has 4 heteroatoms. The normalized spacial score (nSPS) is 10.6. The molecule has 0 aliphatic heterocycles. The van der Waals surface area contributed by atoms with Crippen molar-refractivity contribution in [2.45, 2.75) is 24.5 Å². The highest BCUT2D eigenvalue weighted by atomic mass is 32.2. The first-order valence-corrected chi connectivity index (χ1v) is 7.28. The van der Waals surface area contributed by atoms with Crippen molar-refractivity contribution < 1.29 is 4.39 Å². The maximum atomic E-state index is 13.5. The quantitative estimate of drug-likeness (QED) is 0.507. The number of nitrogens with one attached hydrogen (secondary N) is 1. The van der Waals surface area contributed by atoms with E-state index < -0.39 is 0 Å². The van der Waals surface area contributed by atoms with E-state index in [9.17, 15) is 4.39 Å². The van der Waals surface area contributed by atoms with Crippen molar-refractivity contribution in [1.29, 1.82) is 5.41 Å². The maximum Gasteiger partial charge on any atom is 0.124 e. The Bertz CT molecular complexity index is 653. The minimum atomic E-state index is -0.353. The average Bonchev–Trinajstić information content (AvgIpc) is 2.39. The number of rotatable bonds is 4. The molecular weight excluding hydrogens is 271 g/mol. The van der Waals surface area contributed by atoms with Crippen LogP contribution < -0.4 is 5.73 Å². The van der Waals surface area contributed by atoms with Gasteiger partial charge in [-0.1, -0.05) is 6.07 Å². The summed E-state index contributed by atoms with van der Waals surface area (Å²) in [7, 11) is 0. The van der Waals surface area contributed by atoms with Crippen LogP contribution in [0, 0.1) is 25.1 Å². The number of nitrogens with two attached hydrogens (primary N) is 1. The van der Waals surface area contributed by atoms with E-state index in [1.807, 2.05) is 0 Å². The van der Waals surface area contributed by atoms with Gasteiger partial charge in [-0.05, 0) is 60.9 Å². The zero-order chi connectivity index (χ0) is 14.7. The summed E-state index contributed by atoms with van der Waals surface area (Å²) >= 11 is 1.65. The molecule has 0 fully saturated rings. The molecule has 3 N–H and O–H groups in total. The second kappa shape index (κ2) is 6.09. The topological polar surface area (TPSA) is 49.9 Å². The van der Waals surface area contributed by atoms with Gasteiger partial charge in [0.2, 0.25) is 0 Å². The van der Waals surface area contributed by atoms with E-state index in [-0.39, 0.29) is 11.7 Å². The van der Waals surface area contributed by atoms with Crippen LogP contribution in [0.3, 0.4) is 0 Å². The minimum absolute atomic E-state index is 0.109. The molecule has 2 nitrogen and oxygen atoms in total. The molecule has 104 valence electrons. The van der Waals surface area contributed by atoms with Gasteiger partial charge in [-0.15, -0.1) is 11.8 Å². The Morgan fingerprint density at radius 2 is 1.90 bits per heavy atom. The molecule has 2 aromatic carbocycles. The lowest BCUT2D eigenvalue weighted by Gasteiger charge is -2.07. The largest absolute Gasteiger partial charge is 0.384 e. The highest BCUT2D eigenvalue weighted by molar-refractivity contribution is 7.98. The van der Waals surface area contributed by atoms with Gasteiger partial charge in [-0.25, -0.2) is 4.39 Å². The van der Waals surface area contributed by atoms with Crippen molar-refractivity contribution in [2.75, 3.05) is 0 Å². The minimum Gasteiger partial charge on any atom is -0.384 e. The third-order valence-electron chi connectivity index (χ3n) is 3.15. The molecule has 2 aromatic rings. The standard InChI is InChI=1S/C16H17FN2S/c1-10-3-4-15(5-11(10)2)20-9-12-6-13(16(18)19)8-14(17)7-12/h3-8H,9H2,1-2H3,(H3,18,19). The van der Waals surface area contributed by atoms with Crippen LogP contribution in [0.1, 0.15) is 22.3 Å². The van der Waals surface area contributed by atoms with Crippen LogP contribution in [0.2, 0.25) is 0 Å². The smallest absolute Gasteiger partial charge is 0.124 e. The number of benzene rings is 2. The monoisotopic (exact) mass is 288 g/mol. The van der Waals surface area contributed by atoms with Crippen molar-refractivity contribution in [3.63, 3.8) is 0 Å². The van der Waals surface area contributed by atoms with E-state index in [1.165, 1.54) is 23.3 Å². The number of nitrogen functional groups attached to an aromatic ring is 1. The van der Waals surface area contributed by atoms with E-state index in [2.05, 4.69) is 32.0 Å². The van der Waals surface area contributed by atoms with E-state index in [4.69, 9.17) is 11.1 Å². The van der Waals surface area contributed by atoms with E-state index in [0.717, 1.165) is 10.5 Å². The molecular formula is C16H17FN2S. The molecule has 0 amide bonds. The van der Waals surface area contributed by atoms with Crippen molar-refractivity contribution in [1.82, 2.24) is 0 Å². The van der Waals surface area contributed by atoms with E-state index in [0.29, 0.717) is 11.3 Å². The van der Waals surface area contributed by atoms with Gasteiger partial charge in [0.15, 0.2) is 0 Å². The van der Waals surface area contributed by atoms with Crippen molar-refractivity contribution in [3.8, 4) is 0 Å². The van der Waals surface area contributed by atoms with Crippen LogP contribution in [-0.4, -0.2) is 5.84 Å². The summed E-state index contributed by atoms with van der Waals surface area (Å²) < 4.78 is 13.5. The molecule has 0 spiro atoms. The Morgan fingerprint density at radius 1 is 1.15 bits per heavy atom. The lowest BCUT2D eigenvalue weighted by molar-refractivity contribution is 0.626. The van der Waals surface area contributed by atoms with Gasteiger partial charge >= 0.3 is 0 Å². The zero-order valence-corrected chi connectivity index (χ0v) is 12.4. The third kappa shape index (κ3) is 3.61. The lowest BCUT2D eigenvalue weighted by Crippen LogP contribution is -2.11. The van der Waals surface area contributed by atoms with Crippen LogP contribution in [-0.2, 0) is 5.75 Å². The lowest BCUT2D eigenvalue weighted by atomic mass is 10.1. The molecule has 0 aliphatic rings. The SMILES string of the molecule is Cc1ccc(SCc2cc(F)cc(C(=N)N)c2)cc1C. The van der Waals surface area contributed by atoms with Crippen LogP contribution in [0.15, 0.2) is 41.3 Å². The summed E-state index contributed by atoms with van der Waals surface area (Å²) in [5.74, 6) is 0.191. The predicted octanol–water partition coefficient (Wildman–Crippen LogP) is 4.02. The number of aryl methyl sites for hydroxylation is 2. The first kappa shape index (κ1) is 14.6. The third-order valence-corrected chi connectivity index (χ3v) is 4.22. The Morgan fingerprint density at radius 3 is 2.55 bits per heavy atom. The van der Waals surface area contributed by atoms with Crippen LogP contribution >= 0.6 is 11.8 Å². The van der Waals surface area contributed by atoms with Gasteiger partial charge in [0.1, 0.15) is 11.7 Å². The van der Waals surface area contributed by atoms with Gasteiger partial charge in [0.05, 0.1) is 0 Å². The molecule has 0 saturated heterocycles. The van der Waals surface area contributed by atoms with E-state index in [1.54, 1.807) is 17.8 Å². The van der Waals surface area contributed by atoms with Crippen LogP contribution in [0.25, 0.3) is 0 Å². The molecule has 0 radical (unpaired) electrons. The fraction of sp³-hybridized carbons (Fsp3) is 0.188. The second-order valence-electron chi connectivity index (χ2n) is 4.80. The van der Waals surface area contributed by atoms with E-state index >= 15 is 0 Å². The Kier molecular flexibility index (Phi) is 4.45. The zero-order valence-electron chi connectivity index (χ0n) is 11.5. The second-order valence-corrected chi connectivity index (χ2v) is 5.85. The first-order valence-electron chi connectivity index (χ1n) is 6.29. The Labute approximate surface area is 122 Å². The predicted molar refractivity (Wildman–Crippen MR) is 82.9 cm³/mol. The van der Waals surface area contributed by atoms with Gasteiger partial charge in [-0.2, -0.15) is 0 Å². The molecule has 0 atom stereocenters. The molecule has 0 unspecified atom stereocenters. The molecule has 0 aromatic heterocycles. The molecule has 0 aliphatic carbocycles.